The minimum Gasteiger partial charge on any atom is -0.464 e. The van der Waals surface area contributed by atoms with Gasteiger partial charge in [-0.2, -0.15) is 0 Å². The Balaban J connectivity index is 1.51. The molecule has 1 fully saturated rings. The van der Waals surface area contributed by atoms with Gasteiger partial charge in [-0.1, -0.05) is 36.4 Å². The highest BCUT2D eigenvalue weighted by Crippen LogP contribution is 2.46. The largest absolute Gasteiger partial charge is 0.464 e. The Hall–Kier alpha value is -4.74. The number of benzene rings is 3. The van der Waals surface area contributed by atoms with Crippen molar-refractivity contribution < 1.29 is 34.1 Å². The summed E-state index contributed by atoms with van der Waals surface area (Å²) in [5, 5.41) is 31.0. The van der Waals surface area contributed by atoms with Crippen LogP contribution in [0.2, 0.25) is 0 Å². The van der Waals surface area contributed by atoms with Gasteiger partial charge in [0.2, 0.25) is 0 Å². The van der Waals surface area contributed by atoms with E-state index in [0.717, 1.165) is 0 Å². The average Bonchev–Trinajstić information content (AvgIpc) is 3.66. The number of carbonyl (C=O) groups is 4. The molecule has 4 N–H and O–H groups in total. The maximum absolute atomic E-state index is 13.7. The van der Waals surface area contributed by atoms with Crippen LogP contribution in [-0.2, 0) is 27.4 Å². The molecule has 0 bridgehead atoms. The second-order valence-corrected chi connectivity index (χ2v) is 10.6. The van der Waals surface area contributed by atoms with Crippen LogP contribution >= 0.6 is 0 Å². The molecule has 11 nitrogen and oxygen atoms in total. The predicted octanol–water partition coefficient (Wildman–Crippen LogP) is 1.32. The fourth-order valence-electron chi connectivity index (χ4n) is 6.70. The number of nitrogens with one attached hydrogen (secondary N) is 2. The Morgan fingerprint density at radius 1 is 0.925 bits per heavy atom. The Bertz CT molecular complexity index is 2020. The van der Waals surface area contributed by atoms with E-state index in [0.29, 0.717) is 43.6 Å². The van der Waals surface area contributed by atoms with Gasteiger partial charge >= 0.3 is 5.97 Å². The van der Waals surface area contributed by atoms with Crippen LogP contribution in [0, 0.1) is 0 Å². The highest BCUT2D eigenvalue weighted by Gasteiger charge is 2.48. The van der Waals surface area contributed by atoms with Gasteiger partial charge in [0.05, 0.1) is 41.9 Å². The number of fused-ring (bicyclic) bond motifs is 9. The lowest BCUT2D eigenvalue weighted by molar-refractivity contribution is -0.159. The molecule has 3 unspecified atom stereocenters. The minimum absolute atomic E-state index is 0.153. The lowest BCUT2D eigenvalue weighted by atomic mass is 9.92. The number of para-hydroxylation sites is 2. The van der Waals surface area contributed by atoms with Crippen LogP contribution in [0.3, 0.4) is 0 Å². The van der Waals surface area contributed by atoms with Crippen molar-refractivity contribution in [2.45, 2.75) is 37.3 Å². The molecular weight excluding hydrogens is 516 g/mol. The van der Waals surface area contributed by atoms with Crippen molar-refractivity contribution in [2.75, 3.05) is 6.61 Å². The van der Waals surface area contributed by atoms with Gasteiger partial charge < -0.3 is 29.4 Å². The van der Waals surface area contributed by atoms with Crippen LogP contribution < -0.4 is 10.6 Å². The number of carbonyl (C=O) groups excluding carboxylic acids is 4. The van der Waals surface area contributed by atoms with E-state index >= 15 is 0 Å². The van der Waals surface area contributed by atoms with Crippen molar-refractivity contribution >= 4 is 67.3 Å². The summed E-state index contributed by atoms with van der Waals surface area (Å²) in [6.07, 6.45) is -1.34. The molecule has 0 radical (unpaired) electrons. The van der Waals surface area contributed by atoms with Crippen LogP contribution in [0.1, 0.15) is 27.1 Å². The van der Waals surface area contributed by atoms with Gasteiger partial charge in [0.25, 0.3) is 17.7 Å². The number of esters is 1. The number of imide groups is 1. The third-order valence-electron chi connectivity index (χ3n) is 8.54. The second-order valence-electron chi connectivity index (χ2n) is 10.6. The number of aliphatic hydroxyl groups is 2. The number of rotatable bonds is 2. The summed E-state index contributed by atoms with van der Waals surface area (Å²) in [6.45, 7) is -0.398. The van der Waals surface area contributed by atoms with Crippen molar-refractivity contribution in [3.8, 4) is 0 Å². The molecular formula is C29H22N4O7. The summed E-state index contributed by atoms with van der Waals surface area (Å²) >= 11 is 0. The molecule has 0 saturated carbocycles. The molecule has 8 rings (SSSR count). The molecule has 5 aromatic rings. The first kappa shape index (κ1) is 23.2. The predicted molar refractivity (Wildman–Crippen MR) is 143 cm³/mol. The Kier molecular flexibility index (Phi) is 4.45. The zero-order valence-electron chi connectivity index (χ0n) is 20.9. The van der Waals surface area contributed by atoms with Gasteiger partial charge in [0, 0.05) is 39.0 Å². The van der Waals surface area contributed by atoms with Crippen molar-refractivity contribution in [1.82, 2.24) is 19.8 Å². The fraction of sp³-hybridized carbons (Fsp3) is 0.241. The molecule has 3 amide bonds. The van der Waals surface area contributed by atoms with E-state index < -0.39 is 41.4 Å². The molecule has 5 heterocycles. The van der Waals surface area contributed by atoms with E-state index in [1.807, 2.05) is 36.4 Å². The molecule has 0 aliphatic carbocycles. The van der Waals surface area contributed by atoms with Gasteiger partial charge in [-0.25, -0.2) is 4.79 Å². The van der Waals surface area contributed by atoms with Crippen LogP contribution in [0.4, 0.5) is 0 Å². The summed E-state index contributed by atoms with van der Waals surface area (Å²) in [6, 6.07) is 13.6. The van der Waals surface area contributed by atoms with Gasteiger partial charge in [-0.05, 0) is 12.1 Å². The monoisotopic (exact) mass is 538 g/mol. The van der Waals surface area contributed by atoms with Crippen molar-refractivity contribution in [3.63, 3.8) is 0 Å². The van der Waals surface area contributed by atoms with E-state index in [-0.39, 0.29) is 37.2 Å². The summed E-state index contributed by atoms with van der Waals surface area (Å²) in [5.41, 5.74) is 0.618. The SMILES string of the molecule is O=C1NC(=O)c2c1c1c3ccccc3n3c1c1c2c2ccccc2n1CC(O)(C(=O)NC1CCOC1=O)C(O)C3. The number of ether oxygens (including phenoxy) is 1. The molecule has 11 heteroatoms. The molecule has 3 atom stereocenters. The minimum atomic E-state index is -2.36. The van der Waals surface area contributed by atoms with Gasteiger partial charge in [0.15, 0.2) is 5.60 Å². The summed E-state index contributed by atoms with van der Waals surface area (Å²) < 4.78 is 8.49. The molecule has 1 saturated heterocycles. The molecule has 3 aromatic carbocycles. The van der Waals surface area contributed by atoms with E-state index in [1.54, 1.807) is 21.3 Å². The number of amides is 3. The zero-order chi connectivity index (χ0) is 27.5. The molecule has 40 heavy (non-hydrogen) atoms. The number of aliphatic hydroxyl groups excluding tert-OH is 1. The first-order valence-electron chi connectivity index (χ1n) is 13.0. The highest BCUT2D eigenvalue weighted by atomic mass is 16.5. The summed E-state index contributed by atoms with van der Waals surface area (Å²) in [5.74, 6) is -2.51. The van der Waals surface area contributed by atoms with Gasteiger partial charge in [-0.15, -0.1) is 0 Å². The van der Waals surface area contributed by atoms with Crippen LogP contribution in [0.25, 0.3) is 43.6 Å². The number of aromatic nitrogens is 2. The van der Waals surface area contributed by atoms with Crippen LogP contribution in [-0.4, -0.2) is 67.4 Å². The third-order valence-corrected chi connectivity index (χ3v) is 8.54. The second kappa shape index (κ2) is 7.68. The summed E-state index contributed by atoms with van der Waals surface area (Å²) in [4.78, 5) is 52.2. The average molecular weight is 539 g/mol. The molecule has 200 valence electrons. The standard InChI is InChI=1S/C29H22N4O7/c34-18-11-32-16-7-3-1-5-13(16)19-21-22(26(36)31-25(21)35)20-14-6-2-4-8-17(14)33(24(20)23(19)32)12-29(18,39)28(38)30-15-9-10-40-27(15)37/h1-8,15,18,34,39H,9-12H2,(H,30,38)(H,31,35,36). The molecule has 0 spiro atoms. The fourth-order valence-corrected chi connectivity index (χ4v) is 6.70. The first-order valence-corrected chi connectivity index (χ1v) is 13.0. The molecule has 3 aliphatic heterocycles. The van der Waals surface area contributed by atoms with Crippen molar-refractivity contribution in [1.29, 1.82) is 0 Å². The lowest BCUT2D eigenvalue weighted by Crippen LogP contribution is -2.61. The maximum Gasteiger partial charge on any atom is 0.328 e. The van der Waals surface area contributed by atoms with E-state index in [9.17, 15) is 29.4 Å². The normalized spacial score (nSPS) is 24.1. The molecule has 3 aliphatic rings. The number of hydrogen-bond donors (Lipinski definition) is 4. The molecule has 2 aromatic heterocycles. The lowest BCUT2D eigenvalue weighted by Gasteiger charge is -2.35. The topological polar surface area (TPSA) is 152 Å². The maximum atomic E-state index is 13.7. The Morgan fingerprint density at radius 3 is 2.10 bits per heavy atom. The number of nitrogens with zero attached hydrogens (tertiary/aromatic N) is 2. The Morgan fingerprint density at radius 2 is 1.50 bits per heavy atom. The van der Waals surface area contributed by atoms with Crippen molar-refractivity contribution in [2.24, 2.45) is 0 Å². The first-order chi connectivity index (χ1) is 19.3. The number of cyclic esters (lactones) is 1. The van der Waals surface area contributed by atoms with E-state index in [4.69, 9.17) is 4.74 Å². The van der Waals surface area contributed by atoms with Crippen LogP contribution in [0.15, 0.2) is 48.5 Å². The Labute approximate surface area is 224 Å². The zero-order valence-corrected chi connectivity index (χ0v) is 20.9. The van der Waals surface area contributed by atoms with E-state index in [1.165, 1.54) is 0 Å². The quantitative estimate of drug-likeness (QED) is 0.195. The third kappa shape index (κ3) is 2.75. The highest BCUT2D eigenvalue weighted by molar-refractivity contribution is 6.39. The smallest absolute Gasteiger partial charge is 0.328 e. The van der Waals surface area contributed by atoms with Gasteiger partial charge in [-0.3, -0.25) is 19.7 Å². The van der Waals surface area contributed by atoms with E-state index in [2.05, 4.69) is 10.6 Å². The number of hydrogen-bond acceptors (Lipinski definition) is 7. The van der Waals surface area contributed by atoms with Gasteiger partial charge in [0.1, 0.15) is 12.1 Å². The van der Waals surface area contributed by atoms with Crippen LogP contribution in [0.5, 0.6) is 0 Å². The van der Waals surface area contributed by atoms with Crippen molar-refractivity contribution in [3.05, 3.63) is 59.7 Å². The summed E-state index contributed by atoms with van der Waals surface area (Å²) in [7, 11) is 0.